The lowest BCUT2D eigenvalue weighted by Crippen LogP contribution is -1.87. The molecule has 2 aromatic carbocycles. The van der Waals surface area contributed by atoms with Gasteiger partial charge in [0.2, 0.25) is 0 Å². The van der Waals surface area contributed by atoms with E-state index in [0.717, 1.165) is 20.1 Å². The molecule has 0 spiro atoms. The maximum absolute atomic E-state index is 5.86. The summed E-state index contributed by atoms with van der Waals surface area (Å²) in [6.45, 7) is 0. The second-order valence-electron chi connectivity index (χ2n) is 4.04. The molecule has 0 saturated carbocycles. The van der Waals surface area contributed by atoms with Crippen molar-refractivity contribution in [3.8, 4) is 11.5 Å². The molecule has 0 aliphatic heterocycles. The molecule has 0 atom stereocenters. The summed E-state index contributed by atoms with van der Waals surface area (Å²) in [5, 5.41) is 2.30. The third kappa shape index (κ3) is 2.65. The molecule has 4 heteroatoms. The van der Waals surface area contributed by atoms with Crippen molar-refractivity contribution in [1.29, 1.82) is 0 Å². The molecule has 3 aromatic rings. The van der Waals surface area contributed by atoms with E-state index in [0.29, 0.717) is 5.75 Å². The van der Waals surface area contributed by atoms with E-state index in [4.69, 9.17) is 4.74 Å². The summed E-state index contributed by atoms with van der Waals surface area (Å²) in [6.07, 6.45) is 3.41. The number of hydrogen-bond acceptors (Lipinski definition) is 2. The first-order chi connectivity index (χ1) is 9.24. The smallest absolute Gasteiger partial charge is 0.146 e. The Labute approximate surface area is 127 Å². The topological polar surface area (TPSA) is 22.1 Å². The number of benzene rings is 2. The normalized spacial score (nSPS) is 10.6. The monoisotopic (exact) mass is 377 g/mol. The lowest BCUT2D eigenvalue weighted by molar-refractivity contribution is 0.478. The van der Waals surface area contributed by atoms with Gasteiger partial charge in [0, 0.05) is 10.7 Å². The summed E-state index contributed by atoms with van der Waals surface area (Å²) >= 11 is 6.98. The van der Waals surface area contributed by atoms with E-state index in [2.05, 4.69) is 49.0 Å². The van der Waals surface area contributed by atoms with Gasteiger partial charge in [-0.3, -0.25) is 4.98 Å². The molecule has 0 aliphatic carbocycles. The standard InChI is InChI=1S/C15H9Br2NO/c16-11-7-12(9-18-8-11)19-14-6-5-10-3-1-2-4-13(10)15(14)17/h1-9H. The Bertz CT molecular complexity index is 743. The van der Waals surface area contributed by atoms with Crippen LogP contribution in [0.4, 0.5) is 0 Å². The van der Waals surface area contributed by atoms with Crippen LogP contribution in [0.5, 0.6) is 11.5 Å². The van der Waals surface area contributed by atoms with Crippen molar-refractivity contribution in [2.24, 2.45) is 0 Å². The van der Waals surface area contributed by atoms with Crippen LogP contribution in [0.25, 0.3) is 10.8 Å². The zero-order valence-corrected chi connectivity index (χ0v) is 13.0. The number of fused-ring (bicyclic) bond motifs is 1. The van der Waals surface area contributed by atoms with Gasteiger partial charge >= 0.3 is 0 Å². The third-order valence-corrected chi connectivity index (χ3v) is 3.99. The maximum Gasteiger partial charge on any atom is 0.146 e. The fraction of sp³-hybridized carbons (Fsp3) is 0. The molecule has 19 heavy (non-hydrogen) atoms. The second-order valence-corrected chi connectivity index (χ2v) is 5.75. The number of halogens is 2. The average molecular weight is 379 g/mol. The summed E-state index contributed by atoms with van der Waals surface area (Å²) in [7, 11) is 0. The number of pyridine rings is 1. The molecule has 2 nitrogen and oxygen atoms in total. The highest BCUT2D eigenvalue weighted by molar-refractivity contribution is 9.11. The lowest BCUT2D eigenvalue weighted by Gasteiger charge is -2.09. The molecule has 0 aliphatic rings. The van der Waals surface area contributed by atoms with Gasteiger partial charge in [0.25, 0.3) is 0 Å². The van der Waals surface area contributed by atoms with Crippen molar-refractivity contribution in [3.05, 3.63) is 63.8 Å². The minimum Gasteiger partial charge on any atom is -0.454 e. The van der Waals surface area contributed by atoms with E-state index in [1.54, 1.807) is 12.4 Å². The van der Waals surface area contributed by atoms with Crippen molar-refractivity contribution in [2.45, 2.75) is 0 Å². The van der Waals surface area contributed by atoms with Crippen LogP contribution in [-0.4, -0.2) is 4.98 Å². The molecule has 0 fully saturated rings. The molecule has 0 saturated heterocycles. The third-order valence-electron chi connectivity index (χ3n) is 2.74. The Morgan fingerprint density at radius 1 is 0.947 bits per heavy atom. The first-order valence-electron chi connectivity index (χ1n) is 5.70. The summed E-state index contributed by atoms with van der Waals surface area (Å²) in [4.78, 5) is 4.09. The zero-order valence-electron chi connectivity index (χ0n) is 9.81. The van der Waals surface area contributed by atoms with E-state index in [9.17, 15) is 0 Å². The summed E-state index contributed by atoms with van der Waals surface area (Å²) < 4.78 is 7.70. The Morgan fingerprint density at radius 2 is 1.79 bits per heavy atom. The maximum atomic E-state index is 5.86. The fourth-order valence-electron chi connectivity index (χ4n) is 1.87. The van der Waals surface area contributed by atoms with Gasteiger partial charge in [0.15, 0.2) is 0 Å². The molecule has 0 amide bonds. The molecule has 0 N–H and O–H groups in total. The Balaban J connectivity index is 2.04. The van der Waals surface area contributed by atoms with Crippen molar-refractivity contribution in [2.75, 3.05) is 0 Å². The van der Waals surface area contributed by atoms with E-state index >= 15 is 0 Å². The molecule has 0 unspecified atom stereocenters. The van der Waals surface area contributed by atoms with E-state index in [1.165, 1.54) is 5.39 Å². The van der Waals surface area contributed by atoms with Gasteiger partial charge in [0.1, 0.15) is 11.5 Å². The molecule has 0 bridgehead atoms. The average Bonchev–Trinajstić information content (AvgIpc) is 2.42. The zero-order chi connectivity index (χ0) is 13.2. The molecule has 1 heterocycles. The Hall–Kier alpha value is -1.39. The van der Waals surface area contributed by atoms with E-state index in [-0.39, 0.29) is 0 Å². The molecule has 94 valence electrons. The van der Waals surface area contributed by atoms with Gasteiger partial charge in [-0.05, 0) is 54.8 Å². The van der Waals surface area contributed by atoms with Crippen LogP contribution in [0, 0.1) is 0 Å². The van der Waals surface area contributed by atoms with Gasteiger partial charge in [-0.2, -0.15) is 0 Å². The van der Waals surface area contributed by atoms with E-state index in [1.807, 2.05) is 30.3 Å². The molecular formula is C15H9Br2NO. The number of aromatic nitrogens is 1. The Morgan fingerprint density at radius 3 is 2.63 bits per heavy atom. The van der Waals surface area contributed by atoms with Crippen LogP contribution in [0.1, 0.15) is 0 Å². The van der Waals surface area contributed by atoms with Gasteiger partial charge < -0.3 is 4.74 Å². The Kier molecular flexibility index (Phi) is 3.53. The van der Waals surface area contributed by atoms with Crippen molar-refractivity contribution in [1.82, 2.24) is 4.98 Å². The van der Waals surface area contributed by atoms with Crippen molar-refractivity contribution in [3.63, 3.8) is 0 Å². The van der Waals surface area contributed by atoms with Gasteiger partial charge in [-0.25, -0.2) is 0 Å². The highest BCUT2D eigenvalue weighted by Crippen LogP contribution is 2.35. The molecule has 0 radical (unpaired) electrons. The van der Waals surface area contributed by atoms with Gasteiger partial charge in [-0.1, -0.05) is 30.3 Å². The minimum atomic E-state index is 0.699. The van der Waals surface area contributed by atoms with Crippen LogP contribution in [0.3, 0.4) is 0 Å². The van der Waals surface area contributed by atoms with Crippen molar-refractivity contribution < 1.29 is 4.74 Å². The lowest BCUT2D eigenvalue weighted by atomic mass is 10.1. The predicted octanol–water partition coefficient (Wildman–Crippen LogP) is 5.55. The van der Waals surface area contributed by atoms with Crippen molar-refractivity contribution >= 4 is 42.6 Å². The number of rotatable bonds is 2. The summed E-state index contributed by atoms with van der Waals surface area (Å²) in [6, 6.07) is 14.0. The van der Waals surface area contributed by atoms with E-state index < -0.39 is 0 Å². The number of nitrogens with zero attached hydrogens (tertiary/aromatic N) is 1. The number of ether oxygens (including phenoxy) is 1. The molecular weight excluding hydrogens is 370 g/mol. The van der Waals surface area contributed by atoms with Crippen LogP contribution >= 0.6 is 31.9 Å². The van der Waals surface area contributed by atoms with Gasteiger partial charge in [-0.15, -0.1) is 0 Å². The highest BCUT2D eigenvalue weighted by atomic mass is 79.9. The first kappa shape index (κ1) is 12.6. The predicted molar refractivity (Wildman–Crippen MR) is 83.7 cm³/mol. The molecule has 3 rings (SSSR count). The summed E-state index contributed by atoms with van der Waals surface area (Å²) in [5.74, 6) is 1.48. The highest BCUT2D eigenvalue weighted by Gasteiger charge is 2.07. The van der Waals surface area contributed by atoms with Crippen LogP contribution in [-0.2, 0) is 0 Å². The van der Waals surface area contributed by atoms with Crippen LogP contribution in [0.2, 0.25) is 0 Å². The summed E-state index contributed by atoms with van der Waals surface area (Å²) in [5.41, 5.74) is 0. The largest absolute Gasteiger partial charge is 0.454 e. The number of hydrogen-bond donors (Lipinski definition) is 0. The fourth-order valence-corrected chi connectivity index (χ4v) is 2.79. The second kappa shape index (κ2) is 5.31. The minimum absolute atomic E-state index is 0.699. The van der Waals surface area contributed by atoms with Gasteiger partial charge in [0.05, 0.1) is 10.7 Å². The SMILES string of the molecule is Brc1cncc(Oc2ccc3ccccc3c2Br)c1. The van der Waals surface area contributed by atoms with Crippen LogP contribution in [0.15, 0.2) is 63.8 Å². The quantitative estimate of drug-likeness (QED) is 0.583. The van der Waals surface area contributed by atoms with Crippen LogP contribution < -0.4 is 4.74 Å². The molecule has 1 aromatic heterocycles. The first-order valence-corrected chi connectivity index (χ1v) is 7.28.